The highest BCUT2D eigenvalue weighted by Crippen LogP contribution is 2.46. The van der Waals surface area contributed by atoms with E-state index in [4.69, 9.17) is 16.3 Å². The minimum Gasteiger partial charge on any atom is -0.497 e. The minimum atomic E-state index is -4.39. The largest absolute Gasteiger partial charge is 0.497 e. The van der Waals surface area contributed by atoms with Gasteiger partial charge in [0.05, 0.1) is 13.0 Å². The molecule has 0 aliphatic carbocycles. The van der Waals surface area contributed by atoms with Gasteiger partial charge in [0.15, 0.2) is 0 Å². The third-order valence-electron chi connectivity index (χ3n) is 3.83. The van der Waals surface area contributed by atoms with E-state index in [0.29, 0.717) is 17.0 Å². The van der Waals surface area contributed by atoms with Crippen LogP contribution in [-0.2, 0) is 0 Å². The fourth-order valence-electron chi connectivity index (χ4n) is 2.71. The molecule has 6 heteroatoms. The topological polar surface area (TPSA) is 22.1 Å². The summed E-state index contributed by atoms with van der Waals surface area (Å²) in [6, 6.07) is 7.59. The average Bonchev–Trinajstić information content (AvgIpc) is 2.45. The molecule has 2 unspecified atom stereocenters. The average molecular weight is 344 g/mol. The van der Waals surface area contributed by atoms with E-state index in [0.717, 1.165) is 0 Å². The third kappa shape index (κ3) is 3.96. The summed E-state index contributed by atoms with van der Waals surface area (Å²) in [5.74, 6) is -1.99. The zero-order chi connectivity index (χ0) is 17.2. The maximum absolute atomic E-state index is 13.7. The Bertz CT molecular complexity index is 688. The Morgan fingerprint density at radius 1 is 1.17 bits per heavy atom. The lowest BCUT2D eigenvalue weighted by Gasteiger charge is -2.28. The predicted octanol–water partition coefficient (Wildman–Crippen LogP) is 5.50. The summed E-state index contributed by atoms with van der Waals surface area (Å²) in [5, 5.41) is 0.261. The van der Waals surface area contributed by atoms with E-state index in [2.05, 4.69) is 4.98 Å². The van der Waals surface area contributed by atoms with E-state index in [1.54, 1.807) is 19.1 Å². The van der Waals surface area contributed by atoms with Crippen LogP contribution in [0.3, 0.4) is 0 Å². The van der Waals surface area contributed by atoms with Crippen LogP contribution in [0.15, 0.2) is 36.5 Å². The summed E-state index contributed by atoms with van der Waals surface area (Å²) in [6.07, 6.45) is -3.00. The number of methoxy groups -OCH3 is 1. The van der Waals surface area contributed by atoms with Gasteiger partial charge in [-0.15, -0.1) is 0 Å². The fourth-order valence-corrected chi connectivity index (χ4v) is 3.05. The lowest BCUT2D eigenvalue weighted by molar-refractivity contribution is -0.154. The first-order valence-electron chi connectivity index (χ1n) is 7.06. The van der Waals surface area contributed by atoms with Crippen LogP contribution in [0, 0.1) is 6.92 Å². The van der Waals surface area contributed by atoms with Crippen molar-refractivity contribution in [3.8, 4) is 5.75 Å². The highest BCUT2D eigenvalue weighted by atomic mass is 35.5. The van der Waals surface area contributed by atoms with Crippen LogP contribution in [0.25, 0.3) is 0 Å². The molecule has 0 aliphatic heterocycles. The molecule has 0 radical (unpaired) electrons. The number of ether oxygens (including phenoxy) is 1. The van der Waals surface area contributed by atoms with Gasteiger partial charge in [-0.3, -0.25) is 4.98 Å². The highest BCUT2D eigenvalue weighted by Gasteiger charge is 2.45. The SMILES string of the molecule is COc1ccc(C(C)C(c2ccnc(C)c2)C(F)(F)F)c(Cl)c1. The van der Waals surface area contributed by atoms with Gasteiger partial charge in [0.25, 0.3) is 0 Å². The zero-order valence-electron chi connectivity index (χ0n) is 13.0. The van der Waals surface area contributed by atoms with Crippen LogP contribution < -0.4 is 4.74 Å². The van der Waals surface area contributed by atoms with Crippen molar-refractivity contribution >= 4 is 11.6 Å². The molecule has 2 aromatic rings. The first kappa shape index (κ1) is 17.6. The molecule has 1 aromatic heterocycles. The molecule has 2 atom stereocenters. The monoisotopic (exact) mass is 343 g/mol. The lowest BCUT2D eigenvalue weighted by atomic mass is 9.82. The Kier molecular flexibility index (Phi) is 5.19. The van der Waals surface area contributed by atoms with Gasteiger partial charge in [-0.05, 0) is 48.2 Å². The molecule has 2 rings (SSSR count). The van der Waals surface area contributed by atoms with E-state index >= 15 is 0 Å². The van der Waals surface area contributed by atoms with Crippen LogP contribution in [0.5, 0.6) is 5.75 Å². The van der Waals surface area contributed by atoms with E-state index in [1.165, 1.54) is 38.4 Å². The van der Waals surface area contributed by atoms with Gasteiger partial charge in [-0.25, -0.2) is 0 Å². The van der Waals surface area contributed by atoms with E-state index in [-0.39, 0.29) is 10.6 Å². The van der Waals surface area contributed by atoms with Crippen LogP contribution in [0.1, 0.15) is 35.6 Å². The van der Waals surface area contributed by atoms with Crippen LogP contribution in [0.4, 0.5) is 13.2 Å². The molecule has 0 fully saturated rings. The maximum atomic E-state index is 13.7. The second kappa shape index (κ2) is 6.79. The Morgan fingerprint density at radius 3 is 2.39 bits per heavy atom. The molecule has 0 N–H and O–H groups in total. The quantitative estimate of drug-likeness (QED) is 0.731. The summed E-state index contributed by atoms with van der Waals surface area (Å²) in [7, 11) is 1.48. The number of hydrogen-bond donors (Lipinski definition) is 0. The van der Waals surface area contributed by atoms with Gasteiger partial charge in [0.2, 0.25) is 0 Å². The summed E-state index contributed by atoms with van der Waals surface area (Å²) in [6.45, 7) is 3.20. The number of nitrogens with zero attached hydrogens (tertiary/aromatic N) is 1. The second-order valence-corrected chi connectivity index (χ2v) is 5.83. The maximum Gasteiger partial charge on any atom is 0.396 e. The molecule has 0 saturated carbocycles. The summed E-state index contributed by atoms with van der Waals surface area (Å²) < 4.78 is 46.0. The number of aryl methyl sites for hydroxylation is 1. The van der Waals surface area contributed by atoms with Crippen molar-refractivity contribution < 1.29 is 17.9 Å². The number of halogens is 4. The molecule has 0 saturated heterocycles. The molecule has 124 valence electrons. The van der Waals surface area contributed by atoms with E-state index in [1.807, 2.05) is 0 Å². The van der Waals surface area contributed by atoms with Crippen molar-refractivity contribution in [1.29, 1.82) is 0 Å². The van der Waals surface area contributed by atoms with Crippen molar-refractivity contribution in [2.45, 2.75) is 31.9 Å². The smallest absolute Gasteiger partial charge is 0.396 e. The van der Waals surface area contributed by atoms with Gasteiger partial charge in [-0.1, -0.05) is 24.6 Å². The number of alkyl halides is 3. The Hall–Kier alpha value is -1.75. The Labute approximate surface area is 138 Å². The van der Waals surface area contributed by atoms with Gasteiger partial charge in [0.1, 0.15) is 5.75 Å². The Balaban J connectivity index is 2.48. The zero-order valence-corrected chi connectivity index (χ0v) is 13.7. The third-order valence-corrected chi connectivity index (χ3v) is 4.16. The van der Waals surface area contributed by atoms with Crippen LogP contribution in [-0.4, -0.2) is 18.3 Å². The molecular formula is C17H17ClF3NO. The molecule has 0 amide bonds. The van der Waals surface area contributed by atoms with Crippen molar-refractivity contribution in [2.75, 3.05) is 7.11 Å². The standard InChI is InChI=1S/C17H17ClF3NO/c1-10-8-12(6-7-22-10)16(17(19,20)21)11(2)14-5-4-13(23-3)9-15(14)18/h4-9,11,16H,1-3H3. The Morgan fingerprint density at radius 2 is 1.87 bits per heavy atom. The molecule has 1 heterocycles. The number of rotatable bonds is 4. The predicted molar refractivity (Wildman–Crippen MR) is 84.2 cm³/mol. The normalized spacial score (nSPS) is 14.4. The summed E-state index contributed by atoms with van der Waals surface area (Å²) in [5.41, 5.74) is 1.17. The van der Waals surface area contributed by atoms with Crippen LogP contribution in [0.2, 0.25) is 5.02 Å². The second-order valence-electron chi connectivity index (χ2n) is 5.43. The van der Waals surface area contributed by atoms with Gasteiger partial charge >= 0.3 is 6.18 Å². The summed E-state index contributed by atoms with van der Waals surface area (Å²) >= 11 is 6.16. The number of benzene rings is 1. The molecule has 0 aliphatic rings. The minimum absolute atomic E-state index is 0.185. The van der Waals surface area contributed by atoms with Crippen molar-refractivity contribution in [3.63, 3.8) is 0 Å². The molecule has 23 heavy (non-hydrogen) atoms. The first-order chi connectivity index (χ1) is 10.7. The number of hydrogen-bond acceptors (Lipinski definition) is 2. The molecule has 2 nitrogen and oxygen atoms in total. The first-order valence-corrected chi connectivity index (χ1v) is 7.44. The van der Waals surface area contributed by atoms with E-state index < -0.39 is 18.0 Å². The van der Waals surface area contributed by atoms with Crippen molar-refractivity contribution in [3.05, 3.63) is 58.4 Å². The molecule has 0 bridgehead atoms. The molecule has 1 aromatic carbocycles. The molecule has 0 spiro atoms. The number of aromatic nitrogens is 1. The summed E-state index contributed by atoms with van der Waals surface area (Å²) in [4.78, 5) is 3.97. The van der Waals surface area contributed by atoms with Gasteiger partial charge in [-0.2, -0.15) is 13.2 Å². The highest BCUT2D eigenvalue weighted by molar-refractivity contribution is 6.31. The van der Waals surface area contributed by atoms with Gasteiger partial charge in [0, 0.05) is 16.9 Å². The van der Waals surface area contributed by atoms with Gasteiger partial charge < -0.3 is 4.74 Å². The van der Waals surface area contributed by atoms with Crippen molar-refractivity contribution in [1.82, 2.24) is 4.98 Å². The fraction of sp³-hybridized carbons (Fsp3) is 0.353. The van der Waals surface area contributed by atoms with Crippen molar-refractivity contribution in [2.24, 2.45) is 0 Å². The lowest BCUT2D eigenvalue weighted by Crippen LogP contribution is -2.26. The van der Waals surface area contributed by atoms with Crippen LogP contribution >= 0.6 is 11.6 Å². The molecular weight excluding hydrogens is 327 g/mol. The number of pyridine rings is 1. The van der Waals surface area contributed by atoms with E-state index in [9.17, 15) is 13.2 Å².